The molecule has 0 amide bonds. The van der Waals surface area contributed by atoms with Gasteiger partial charge in [0.05, 0.1) is 24.2 Å². The molecule has 2 aromatic rings. The first-order valence-electron chi connectivity index (χ1n) is 7.01. The van der Waals surface area contributed by atoms with Gasteiger partial charge in [-0.25, -0.2) is 4.98 Å². The van der Waals surface area contributed by atoms with Gasteiger partial charge < -0.3 is 19.5 Å². The zero-order valence-electron chi connectivity index (χ0n) is 12.6. The van der Waals surface area contributed by atoms with Gasteiger partial charge in [-0.05, 0) is 19.2 Å². The Labute approximate surface area is 120 Å². The van der Waals surface area contributed by atoms with Gasteiger partial charge >= 0.3 is 0 Å². The van der Waals surface area contributed by atoms with Gasteiger partial charge in [-0.1, -0.05) is 12.1 Å². The first kappa shape index (κ1) is 15.0. The Bertz CT molecular complexity index is 538. The number of aryl methyl sites for hydroxylation is 1. The van der Waals surface area contributed by atoms with Crippen LogP contribution in [-0.2, 0) is 18.3 Å². The number of hydrogen-bond donors (Lipinski definition) is 1. The Kier molecular flexibility index (Phi) is 5.52. The molecule has 0 atom stereocenters. The van der Waals surface area contributed by atoms with Crippen LogP contribution in [0.25, 0.3) is 11.0 Å². The van der Waals surface area contributed by atoms with Crippen LogP contribution in [0, 0.1) is 0 Å². The molecule has 1 heterocycles. The van der Waals surface area contributed by atoms with Gasteiger partial charge in [0.1, 0.15) is 5.82 Å². The standard InChI is InChI=1S/C15H24N4O/c1-18(10-11-20-3)9-8-16-12-15-17-13-6-4-5-7-14(13)19(15)2/h4-7,16H,8-12H2,1-3H3. The maximum Gasteiger partial charge on any atom is 0.123 e. The molecule has 1 aromatic heterocycles. The van der Waals surface area contributed by atoms with Crippen LogP contribution in [0.15, 0.2) is 24.3 Å². The number of aromatic nitrogens is 2. The topological polar surface area (TPSA) is 42.3 Å². The lowest BCUT2D eigenvalue weighted by atomic mass is 10.3. The van der Waals surface area contributed by atoms with Crippen molar-refractivity contribution in [3.8, 4) is 0 Å². The number of ether oxygens (including phenoxy) is 1. The second-order valence-electron chi connectivity index (χ2n) is 5.05. The van der Waals surface area contributed by atoms with Gasteiger partial charge in [0, 0.05) is 33.8 Å². The SMILES string of the molecule is COCCN(C)CCNCc1nc2ccccc2n1C. The van der Waals surface area contributed by atoms with Crippen molar-refractivity contribution in [3.63, 3.8) is 0 Å². The fraction of sp³-hybridized carbons (Fsp3) is 0.533. The molecule has 20 heavy (non-hydrogen) atoms. The average Bonchev–Trinajstić information content (AvgIpc) is 2.78. The van der Waals surface area contributed by atoms with E-state index in [4.69, 9.17) is 4.74 Å². The summed E-state index contributed by atoms with van der Waals surface area (Å²) < 4.78 is 7.21. The van der Waals surface area contributed by atoms with E-state index in [0.717, 1.165) is 44.1 Å². The predicted octanol–water partition coefficient (Wildman–Crippen LogP) is 1.24. The summed E-state index contributed by atoms with van der Waals surface area (Å²) in [4.78, 5) is 6.90. The summed E-state index contributed by atoms with van der Waals surface area (Å²) in [6, 6.07) is 8.23. The summed E-state index contributed by atoms with van der Waals surface area (Å²) in [6.45, 7) is 4.49. The first-order chi connectivity index (χ1) is 9.72. The molecule has 0 fully saturated rings. The average molecular weight is 276 g/mol. The summed E-state index contributed by atoms with van der Waals surface area (Å²) in [5.74, 6) is 1.07. The van der Waals surface area contributed by atoms with Gasteiger partial charge in [-0.2, -0.15) is 0 Å². The molecule has 1 aromatic carbocycles. The first-order valence-corrected chi connectivity index (χ1v) is 7.01. The molecule has 0 bridgehead atoms. The maximum atomic E-state index is 5.06. The zero-order valence-corrected chi connectivity index (χ0v) is 12.6. The number of rotatable bonds is 8. The monoisotopic (exact) mass is 276 g/mol. The van der Waals surface area contributed by atoms with E-state index in [0.29, 0.717) is 0 Å². The molecular formula is C15H24N4O. The van der Waals surface area contributed by atoms with Crippen LogP contribution in [0.3, 0.4) is 0 Å². The predicted molar refractivity (Wildman–Crippen MR) is 81.8 cm³/mol. The number of nitrogens with zero attached hydrogens (tertiary/aromatic N) is 3. The Morgan fingerprint density at radius 3 is 2.85 bits per heavy atom. The normalized spacial score (nSPS) is 11.6. The number of fused-ring (bicyclic) bond motifs is 1. The van der Waals surface area contributed by atoms with Gasteiger partial charge in [0.15, 0.2) is 0 Å². The van der Waals surface area contributed by atoms with Crippen molar-refractivity contribution in [3.05, 3.63) is 30.1 Å². The van der Waals surface area contributed by atoms with Gasteiger partial charge in [-0.3, -0.25) is 0 Å². The minimum Gasteiger partial charge on any atom is -0.383 e. The molecule has 0 spiro atoms. The molecule has 110 valence electrons. The molecule has 0 unspecified atom stereocenters. The zero-order chi connectivity index (χ0) is 14.4. The summed E-state index contributed by atoms with van der Waals surface area (Å²) in [5, 5.41) is 3.44. The second-order valence-corrected chi connectivity index (χ2v) is 5.05. The molecule has 5 nitrogen and oxygen atoms in total. The number of methoxy groups -OCH3 is 1. The maximum absolute atomic E-state index is 5.06. The van der Waals surface area contributed by atoms with Gasteiger partial charge in [-0.15, -0.1) is 0 Å². The molecule has 5 heteroatoms. The Hall–Kier alpha value is -1.43. The van der Waals surface area contributed by atoms with Crippen molar-refractivity contribution < 1.29 is 4.74 Å². The largest absolute Gasteiger partial charge is 0.383 e. The lowest BCUT2D eigenvalue weighted by Gasteiger charge is -2.16. The van der Waals surface area contributed by atoms with Crippen molar-refractivity contribution in [1.29, 1.82) is 0 Å². The molecule has 2 rings (SSSR count). The minimum atomic E-state index is 0.779. The Morgan fingerprint density at radius 2 is 2.10 bits per heavy atom. The van der Waals surface area contributed by atoms with E-state index in [1.165, 1.54) is 5.52 Å². The van der Waals surface area contributed by atoms with Crippen LogP contribution in [0.1, 0.15) is 5.82 Å². The van der Waals surface area contributed by atoms with Crippen LogP contribution >= 0.6 is 0 Å². The number of nitrogens with one attached hydrogen (secondary N) is 1. The fourth-order valence-corrected chi connectivity index (χ4v) is 2.18. The highest BCUT2D eigenvalue weighted by atomic mass is 16.5. The molecule has 0 radical (unpaired) electrons. The highest BCUT2D eigenvalue weighted by Gasteiger charge is 2.06. The third-order valence-electron chi connectivity index (χ3n) is 3.51. The van der Waals surface area contributed by atoms with Gasteiger partial charge in [0.2, 0.25) is 0 Å². The number of para-hydroxylation sites is 2. The minimum absolute atomic E-state index is 0.779. The fourth-order valence-electron chi connectivity index (χ4n) is 2.18. The van der Waals surface area contributed by atoms with E-state index >= 15 is 0 Å². The van der Waals surface area contributed by atoms with E-state index in [1.54, 1.807) is 7.11 Å². The summed E-state index contributed by atoms with van der Waals surface area (Å²) >= 11 is 0. The van der Waals surface area contributed by atoms with Crippen molar-refractivity contribution in [2.45, 2.75) is 6.54 Å². The quantitative estimate of drug-likeness (QED) is 0.737. The highest BCUT2D eigenvalue weighted by Crippen LogP contribution is 2.13. The summed E-state index contributed by atoms with van der Waals surface area (Å²) in [7, 11) is 5.91. The Balaban J connectivity index is 1.80. The highest BCUT2D eigenvalue weighted by molar-refractivity contribution is 5.75. The molecule has 1 N–H and O–H groups in total. The van der Waals surface area contributed by atoms with Crippen LogP contribution in [0.4, 0.5) is 0 Å². The van der Waals surface area contributed by atoms with Crippen LogP contribution < -0.4 is 5.32 Å². The van der Waals surface area contributed by atoms with E-state index in [9.17, 15) is 0 Å². The molecule has 0 saturated carbocycles. The third-order valence-corrected chi connectivity index (χ3v) is 3.51. The lowest BCUT2D eigenvalue weighted by Crippen LogP contribution is -2.31. The number of benzene rings is 1. The van der Waals surface area contributed by atoms with Crippen molar-refractivity contribution in [2.24, 2.45) is 7.05 Å². The van der Waals surface area contributed by atoms with Crippen molar-refractivity contribution in [2.75, 3.05) is 40.4 Å². The summed E-state index contributed by atoms with van der Waals surface area (Å²) in [5.41, 5.74) is 2.24. The van der Waals surface area contributed by atoms with E-state index in [-0.39, 0.29) is 0 Å². The molecule has 0 aliphatic heterocycles. The van der Waals surface area contributed by atoms with E-state index in [1.807, 2.05) is 12.1 Å². The number of likely N-dealkylation sites (N-methyl/N-ethyl adjacent to an activating group) is 1. The summed E-state index contributed by atoms with van der Waals surface area (Å²) in [6.07, 6.45) is 0. The number of hydrogen-bond acceptors (Lipinski definition) is 4. The van der Waals surface area contributed by atoms with Crippen LogP contribution in [0.5, 0.6) is 0 Å². The van der Waals surface area contributed by atoms with Gasteiger partial charge in [0.25, 0.3) is 0 Å². The third kappa shape index (κ3) is 3.79. The van der Waals surface area contributed by atoms with Crippen molar-refractivity contribution in [1.82, 2.24) is 19.8 Å². The van der Waals surface area contributed by atoms with Crippen LogP contribution in [0.2, 0.25) is 0 Å². The Morgan fingerprint density at radius 1 is 1.30 bits per heavy atom. The molecule has 0 aliphatic rings. The smallest absolute Gasteiger partial charge is 0.123 e. The molecular weight excluding hydrogens is 252 g/mol. The number of imidazole rings is 1. The lowest BCUT2D eigenvalue weighted by molar-refractivity contribution is 0.161. The van der Waals surface area contributed by atoms with E-state index < -0.39 is 0 Å². The van der Waals surface area contributed by atoms with Crippen molar-refractivity contribution >= 4 is 11.0 Å². The second kappa shape index (κ2) is 7.38. The molecule has 0 saturated heterocycles. The molecule has 0 aliphatic carbocycles. The van der Waals surface area contributed by atoms with E-state index in [2.05, 4.69) is 46.0 Å². The van der Waals surface area contributed by atoms with Crippen LogP contribution in [-0.4, -0.2) is 54.8 Å².